The number of aromatic nitrogens is 3. The monoisotopic (exact) mass is 431 g/mol. The summed E-state index contributed by atoms with van der Waals surface area (Å²) in [5, 5.41) is 3.27. The number of piperidine rings is 1. The Hall–Kier alpha value is -3.22. The molecule has 1 fully saturated rings. The third-order valence-corrected chi connectivity index (χ3v) is 6.48. The van der Waals surface area contributed by atoms with E-state index in [1.807, 2.05) is 24.8 Å². The van der Waals surface area contributed by atoms with Gasteiger partial charge in [0.15, 0.2) is 0 Å². The van der Waals surface area contributed by atoms with Crippen molar-refractivity contribution in [2.75, 3.05) is 18.4 Å². The molecule has 1 aliphatic heterocycles. The van der Waals surface area contributed by atoms with Gasteiger partial charge in [0, 0.05) is 60.5 Å². The highest BCUT2D eigenvalue weighted by Gasteiger charge is 2.32. The third kappa shape index (κ3) is 4.11. The lowest BCUT2D eigenvalue weighted by atomic mass is 9.91. The van der Waals surface area contributed by atoms with Crippen LogP contribution in [0, 0.1) is 13.8 Å². The highest BCUT2D eigenvalue weighted by molar-refractivity contribution is 5.97. The van der Waals surface area contributed by atoms with E-state index in [1.54, 1.807) is 18.5 Å². The summed E-state index contributed by atoms with van der Waals surface area (Å²) in [5.74, 6) is 2.66. The molecule has 1 atom stereocenters. The van der Waals surface area contributed by atoms with E-state index < -0.39 is 0 Å². The van der Waals surface area contributed by atoms with Gasteiger partial charge < -0.3 is 14.6 Å². The summed E-state index contributed by atoms with van der Waals surface area (Å²) in [5.41, 5.74) is 4.81. The fourth-order valence-corrected chi connectivity index (χ4v) is 5.01. The molecular formula is C25H29N5O2. The van der Waals surface area contributed by atoms with E-state index >= 15 is 0 Å². The van der Waals surface area contributed by atoms with Crippen molar-refractivity contribution in [1.82, 2.24) is 19.9 Å². The number of hydrogen-bond acceptors (Lipinski definition) is 6. The number of nitrogens with one attached hydrogen (secondary N) is 1. The van der Waals surface area contributed by atoms with Crippen LogP contribution in [0.3, 0.4) is 0 Å². The van der Waals surface area contributed by atoms with Crippen molar-refractivity contribution < 1.29 is 9.21 Å². The largest absolute Gasteiger partial charge is 0.465 e. The van der Waals surface area contributed by atoms with Crippen LogP contribution in [0.25, 0.3) is 0 Å². The fourth-order valence-electron chi connectivity index (χ4n) is 5.01. The summed E-state index contributed by atoms with van der Waals surface area (Å²) >= 11 is 0. The molecule has 1 N–H and O–H groups in total. The molecule has 7 heteroatoms. The summed E-state index contributed by atoms with van der Waals surface area (Å²) < 4.78 is 5.97. The molecule has 3 aromatic heterocycles. The zero-order valence-corrected chi connectivity index (χ0v) is 18.7. The molecular weight excluding hydrogens is 402 g/mol. The Morgan fingerprint density at radius 3 is 2.78 bits per heavy atom. The highest BCUT2D eigenvalue weighted by Crippen LogP contribution is 2.33. The van der Waals surface area contributed by atoms with Crippen molar-refractivity contribution in [3.63, 3.8) is 0 Å². The van der Waals surface area contributed by atoms with Crippen LogP contribution in [0.15, 0.2) is 35.0 Å². The lowest BCUT2D eigenvalue weighted by Crippen LogP contribution is -2.40. The maximum absolute atomic E-state index is 13.5. The standard InChI is InChI=1S/C25H29N5O2/c1-16-13-19(29-25-26-10-6-11-27-25)14-21(28-16)18-7-5-12-30(15-18)24(31)23-17(2)32-22-9-4-3-8-20(22)23/h6,10-11,13-14,18H,3-5,7-9,12,15H2,1-2H3,(H,26,27,28,29)/t18-/m0/s1. The van der Waals surface area contributed by atoms with E-state index in [4.69, 9.17) is 9.40 Å². The first-order valence-electron chi connectivity index (χ1n) is 11.5. The molecule has 0 saturated carbocycles. The second-order valence-electron chi connectivity index (χ2n) is 8.85. The number of aryl methyl sites for hydroxylation is 3. The van der Waals surface area contributed by atoms with Crippen LogP contribution < -0.4 is 5.32 Å². The SMILES string of the molecule is Cc1cc(Nc2ncccn2)cc([C@H]2CCCN(C(=O)c3c(C)oc4c3CCCC4)C2)n1. The first-order valence-corrected chi connectivity index (χ1v) is 11.5. The zero-order valence-electron chi connectivity index (χ0n) is 18.7. The van der Waals surface area contributed by atoms with Gasteiger partial charge in [-0.05, 0) is 64.2 Å². The number of rotatable bonds is 4. The molecule has 166 valence electrons. The second kappa shape index (κ2) is 8.73. The van der Waals surface area contributed by atoms with Crippen LogP contribution >= 0.6 is 0 Å². The maximum atomic E-state index is 13.5. The minimum absolute atomic E-state index is 0.114. The van der Waals surface area contributed by atoms with Crippen LogP contribution in [-0.4, -0.2) is 38.8 Å². The number of hydrogen-bond donors (Lipinski definition) is 1. The van der Waals surface area contributed by atoms with Crippen molar-refractivity contribution in [2.24, 2.45) is 0 Å². The molecule has 5 rings (SSSR count). The summed E-state index contributed by atoms with van der Waals surface area (Å²) in [6.07, 6.45) is 9.57. The number of likely N-dealkylation sites (tertiary alicyclic amines) is 1. The van der Waals surface area contributed by atoms with E-state index in [0.717, 1.165) is 84.8 Å². The Morgan fingerprint density at radius 1 is 1.12 bits per heavy atom. The average molecular weight is 432 g/mol. The van der Waals surface area contributed by atoms with Crippen LogP contribution in [0.2, 0.25) is 0 Å². The number of fused-ring (bicyclic) bond motifs is 1. The van der Waals surface area contributed by atoms with E-state index in [2.05, 4.69) is 21.4 Å². The number of carbonyl (C=O) groups is 1. The van der Waals surface area contributed by atoms with Gasteiger partial charge in [-0.25, -0.2) is 9.97 Å². The van der Waals surface area contributed by atoms with Gasteiger partial charge in [0.05, 0.1) is 5.56 Å². The molecule has 1 amide bonds. The van der Waals surface area contributed by atoms with E-state index in [1.165, 1.54) is 0 Å². The summed E-state index contributed by atoms with van der Waals surface area (Å²) in [7, 11) is 0. The van der Waals surface area contributed by atoms with Crippen molar-refractivity contribution in [3.8, 4) is 0 Å². The molecule has 0 unspecified atom stereocenters. The summed E-state index contributed by atoms with van der Waals surface area (Å²) in [6, 6.07) is 5.85. The van der Waals surface area contributed by atoms with Crippen molar-refractivity contribution in [3.05, 3.63) is 64.6 Å². The molecule has 0 radical (unpaired) electrons. The smallest absolute Gasteiger partial charge is 0.257 e. The predicted molar refractivity (Wildman–Crippen MR) is 122 cm³/mol. The molecule has 0 aromatic carbocycles. The van der Waals surface area contributed by atoms with Crippen molar-refractivity contribution in [2.45, 2.75) is 58.3 Å². The molecule has 1 aliphatic carbocycles. The van der Waals surface area contributed by atoms with Gasteiger partial charge in [-0.2, -0.15) is 0 Å². The number of nitrogens with zero attached hydrogens (tertiary/aromatic N) is 4. The molecule has 2 aliphatic rings. The van der Waals surface area contributed by atoms with E-state index in [0.29, 0.717) is 12.5 Å². The van der Waals surface area contributed by atoms with Crippen LogP contribution in [0.5, 0.6) is 0 Å². The Bertz CT molecular complexity index is 1120. The van der Waals surface area contributed by atoms with Gasteiger partial charge >= 0.3 is 0 Å². The van der Waals surface area contributed by atoms with Crippen LogP contribution in [0.1, 0.15) is 70.4 Å². The first-order chi connectivity index (χ1) is 15.6. The molecule has 1 saturated heterocycles. The maximum Gasteiger partial charge on any atom is 0.257 e. The van der Waals surface area contributed by atoms with Crippen molar-refractivity contribution >= 4 is 17.5 Å². The topological polar surface area (TPSA) is 84.2 Å². The number of pyridine rings is 1. The minimum atomic E-state index is 0.114. The Balaban J connectivity index is 1.36. The quantitative estimate of drug-likeness (QED) is 0.643. The summed E-state index contributed by atoms with van der Waals surface area (Å²) in [6.45, 7) is 5.38. The van der Waals surface area contributed by atoms with E-state index in [9.17, 15) is 4.79 Å². The van der Waals surface area contributed by atoms with Gasteiger partial charge in [-0.15, -0.1) is 0 Å². The Labute approximate surface area is 188 Å². The minimum Gasteiger partial charge on any atom is -0.465 e. The number of amides is 1. The second-order valence-corrected chi connectivity index (χ2v) is 8.85. The molecule has 0 spiro atoms. The molecule has 3 aromatic rings. The summed E-state index contributed by atoms with van der Waals surface area (Å²) in [4.78, 5) is 28.8. The first kappa shape index (κ1) is 20.7. The fraction of sp³-hybridized carbons (Fsp3) is 0.440. The van der Waals surface area contributed by atoms with Crippen LogP contribution in [0.4, 0.5) is 11.6 Å². The molecule has 0 bridgehead atoms. The van der Waals surface area contributed by atoms with Gasteiger partial charge in [0.1, 0.15) is 11.5 Å². The van der Waals surface area contributed by atoms with Gasteiger partial charge in [0.2, 0.25) is 5.95 Å². The zero-order chi connectivity index (χ0) is 22.1. The lowest BCUT2D eigenvalue weighted by Gasteiger charge is -2.33. The predicted octanol–water partition coefficient (Wildman–Crippen LogP) is 4.72. The van der Waals surface area contributed by atoms with Crippen molar-refractivity contribution in [1.29, 1.82) is 0 Å². The number of anilines is 2. The van der Waals surface area contributed by atoms with Gasteiger partial charge in [-0.1, -0.05) is 0 Å². The molecule has 4 heterocycles. The Morgan fingerprint density at radius 2 is 1.94 bits per heavy atom. The average Bonchev–Trinajstić information content (AvgIpc) is 3.14. The molecule has 32 heavy (non-hydrogen) atoms. The molecule has 7 nitrogen and oxygen atoms in total. The van der Waals surface area contributed by atoms with Gasteiger partial charge in [0.25, 0.3) is 5.91 Å². The van der Waals surface area contributed by atoms with Gasteiger partial charge in [-0.3, -0.25) is 9.78 Å². The van der Waals surface area contributed by atoms with Crippen LogP contribution in [-0.2, 0) is 12.8 Å². The highest BCUT2D eigenvalue weighted by atomic mass is 16.3. The normalized spacial score (nSPS) is 18.3. The number of furan rings is 1. The lowest BCUT2D eigenvalue weighted by molar-refractivity contribution is 0.0703. The Kier molecular flexibility index (Phi) is 5.64. The van der Waals surface area contributed by atoms with E-state index in [-0.39, 0.29) is 11.8 Å². The number of carbonyl (C=O) groups excluding carboxylic acids is 1. The third-order valence-electron chi connectivity index (χ3n) is 6.48.